The summed E-state index contributed by atoms with van der Waals surface area (Å²) in [5, 5.41) is 2.60. The Morgan fingerprint density at radius 3 is 2.62 bits per heavy atom. The van der Waals surface area contributed by atoms with E-state index in [1.807, 2.05) is 33.8 Å². The van der Waals surface area contributed by atoms with Crippen LogP contribution in [0.1, 0.15) is 26.3 Å². The van der Waals surface area contributed by atoms with Crippen LogP contribution in [-0.2, 0) is 4.74 Å². The zero-order chi connectivity index (χ0) is 12.3. The van der Waals surface area contributed by atoms with E-state index in [9.17, 15) is 4.79 Å². The van der Waals surface area contributed by atoms with Gasteiger partial charge in [-0.15, -0.1) is 0 Å². The van der Waals surface area contributed by atoms with Gasteiger partial charge in [0.1, 0.15) is 11.4 Å². The van der Waals surface area contributed by atoms with Crippen molar-refractivity contribution in [1.29, 1.82) is 0 Å². The van der Waals surface area contributed by atoms with Crippen molar-refractivity contribution in [2.45, 2.75) is 33.3 Å². The maximum Gasteiger partial charge on any atom is 0.413 e. The second-order valence-corrected chi connectivity index (χ2v) is 5.36. The molecule has 1 rings (SSSR count). The lowest BCUT2D eigenvalue weighted by Crippen LogP contribution is -2.27. The zero-order valence-corrected chi connectivity index (χ0v) is 11.4. The Hall–Kier alpha value is -1.10. The molecule has 1 N–H and O–H groups in total. The number of aromatic nitrogens is 1. The van der Waals surface area contributed by atoms with Crippen LogP contribution in [0.3, 0.4) is 0 Å². The summed E-state index contributed by atoms with van der Waals surface area (Å²) in [4.78, 5) is 15.6. The largest absolute Gasteiger partial charge is 0.444 e. The summed E-state index contributed by atoms with van der Waals surface area (Å²) in [6, 6.07) is 1.87. The molecule has 0 aromatic carbocycles. The van der Waals surface area contributed by atoms with Gasteiger partial charge in [0.2, 0.25) is 0 Å². The van der Waals surface area contributed by atoms with E-state index < -0.39 is 11.7 Å². The summed E-state index contributed by atoms with van der Waals surface area (Å²) in [6.45, 7) is 7.31. The lowest BCUT2D eigenvalue weighted by molar-refractivity contribution is 0.0635. The first kappa shape index (κ1) is 13.0. The SMILES string of the molecule is Cc1cc(Br)cnc1NC(=O)OC(C)(C)C. The highest BCUT2D eigenvalue weighted by atomic mass is 79.9. The van der Waals surface area contributed by atoms with Gasteiger partial charge in [0.05, 0.1) is 0 Å². The van der Waals surface area contributed by atoms with E-state index in [-0.39, 0.29) is 0 Å². The number of pyridine rings is 1. The molecule has 4 nitrogen and oxygen atoms in total. The van der Waals surface area contributed by atoms with Crippen LogP contribution >= 0.6 is 15.9 Å². The number of nitrogens with one attached hydrogen (secondary N) is 1. The third kappa shape index (κ3) is 4.18. The van der Waals surface area contributed by atoms with Gasteiger partial charge < -0.3 is 4.74 Å². The summed E-state index contributed by atoms with van der Waals surface area (Å²) < 4.78 is 6.00. The van der Waals surface area contributed by atoms with Gasteiger partial charge in [-0.05, 0) is 55.3 Å². The number of hydrogen-bond acceptors (Lipinski definition) is 3. The van der Waals surface area contributed by atoms with E-state index in [1.165, 1.54) is 0 Å². The van der Waals surface area contributed by atoms with E-state index in [0.717, 1.165) is 10.0 Å². The Labute approximate surface area is 104 Å². The van der Waals surface area contributed by atoms with Crippen molar-refractivity contribution >= 4 is 27.8 Å². The van der Waals surface area contributed by atoms with Crippen molar-refractivity contribution in [3.63, 3.8) is 0 Å². The topological polar surface area (TPSA) is 51.2 Å². The van der Waals surface area contributed by atoms with Crippen LogP contribution < -0.4 is 5.32 Å². The van der Waals surface area contributed by atoms with Crippen molar-refractivity contribution in [3.05, 3.63) is 22.3 Å². The lowest BCUT2D eigenvalue weighted by atomic mass is 10.2. The Kier molecular flexibility index (Phi) is 3.91. The van der Waals surface area contributed by atoms with Gasteiger partial charge in [0.25, 0.3) is 0 Å². The van der Waals surface area contributed by atoms with Crippen molar-refractivity contribution < 1.29 is 9.53 Å². The third-order valence-corrected chi connectivity index (χ3v) is 2.10. The van der Waals surface area contributed by atoms with Gasteiger partial charge in [-0.1, -0.05) is 0 Å². The second-order valence-electron chi connectivity index (χ2n) is 4.45. The highest BCUT2D eigenvalue weighted by Gasteiger charge is 2.17. The van der Waals surface area contributed by atoms with Crippen LogP contribution in [0.2, 0.25) is 0 Å². The van der Waals surface area contributed by atoms with Crippen molar-refractivity contribution in [2.75, 3.05) is 5.32 Å². The minimum absolute atomic E-state index is 0.495. The molecule has 0 saturated carbocycles. The monoisotopic (exact) mass is 286 g/mol. The molecule has 5 heteroatoms. The minimum Gasteiger partial charge on any atom is -0.444 e. The van der Waals surface area contributed by atoms with Gasteiger partial charge in [-0.2, -0.15) is 0 Å². The Morgan fingerprint density at radius 2 is 2.12 bits per heavy atom. The maximum atomic E-state index is 11.5. The van der Waals surface area contributed by atoms with Crippen LogP contribution in [0, 0.1) is 6.92 Å². The number of amides is 1. The van der Waals surface area contributed by atoms with Gasteiger partial charge in [0, 0.05) is 10.7 Å². The summed E-state index contributed by atoms with van der Waals surface area (Å²) in [5.74, 6) is 0.512. The standard InChI is InChI=1S/C11H15BrN2O2/c1-7-5-8(12)6-13-9(7)14-10(15)16-11(2,3)4/h5-6H,1-4H3,(H,13,14,15). The predicted octanol–water partition coefficient (Wildman–Crippen LogP) is 3.50. The van der Waals surface area contributed by atoms with E-state index in [1.54, 1.807) is 6.20 Å². The molecule has 88 valence electrons. The summed E-state index contributed by atoms with van der Waals surface area (Å²) in [5.41, 5.74) is 0.369. The molecule has 0 spiro atoms. The first-order valence-corrected chi connectivity index (χ1v) is 5.69. The zero-order valence-electron chi connectivity index (χ0n) is 9.80. The average molecular weight is 287 g/mol. The number of nitrogens with zero attached hydrogens (tertiary/aromatic N) is 1. The molecular formula is C11H15BrN2O2. The molecule has 0 atom stereocenters. The fourth-order valence-electron chi connectivity index (χ4n) is 1.07. The number of anilines is 1. The van der Waals surface area contributed by atoms with Gasteiger partial charge in [-0.25, -0.2) is 9.78 Å². The van der Waals surface area contributed by atoms with Gasteiger partial charge >= 0.3 is 6.09 Å². The molecule has 0 aliphatic carbocycles. The molecule has 0 saturated heterocycles. The smallest absolute Gasteiger partial charge is 0.413 e. The molecule has 0 unspecified atom stereocenters. The normalized spacial score (nSPS) is 11.1. The number of halogens is 1. The fraction of sp³-hybridized carbons (Fsp3) is 0.455. The van der Waals surface area contributed by atoms with Crippen molar-refractivity contribution in [3.8, 4) is 0 Å². The number of ether oxygens (including phenoxy) is 1. The number of hydrogen-bond donors (Lipinski definition) is 1. The van der Waals surface area contributed by atoms with Crippen molar-refractivity contribution in [1.82, 2.24) is 4.98 Å². The summed E-state index contributed by atoms with van der Waals surface area (Å²) in [6.07, 6.45) is 1.13. The molecule has 0 fully saturated rings. The molecule has 1 aromatic heterocycles. The molecule has 0 aliphatic rings. The predicted molar refractivity (Wildman–Crippen MR) is 66.5 cm³/mol. The Balaban J connectivity index is 2.70. The first-order valence-electron chi connectivity index (χ1n) is 4.90. The minimum atomic E-state index is -0.507. The molecule has 1 amide bonds. The van der Waals surface area contributed by atoms with E-state index in [4.69, 9.17) is 4.74 Å². The van der Waals surface area contributed by atoms with E-state index in [0.29, 0.717) is 5.82 Å². The van der Waals surface area contributed by atoms with E-state index in [2.05, 4.69) is 26.2 Å². The molecule has 0 radical (unpaired) electrons. The van der Waals surface area contributed by atoms with E-state index >= 15 is 0 Å². The third-order valence-electron chi connectivity index (χ3n) is 1.66. The number of aryl methyl sites for hydroxylation is 1. The lowest BCUT2D eigenvalue weighted by Gasteiger charge is -2.19. The summed E-state index contributed by atoms with van der Waals surface area (Å²) in [7, 11) is 0. The Bertz CT molecular complexity index is 399. The highest BCUT2D eigenvalue weighted by molar-refractivity contribution is 9.10. The maximum absolute atomic E-state index is 11.5. The van der Waals surface area contributed by atoms with Gasteiger partial charge in [0.15, 0.2) is 0 Å². The van der Waals surface area contributed by atoms with Crippen LogP contribution in [-0.4, -0.2) is 16.7 Å². The molecule has 0 bridgehead atoms. The molecule has 1 aromatic rings. The van der Waals surface area contributed by atoms with Gasteiger partial charge in [-0.3, -0.25) is 5.32 Å². The fourth-order valence-corrected chi connectivity index (χ4v) is 1.52. The quantitative estimate of drug-likeness (QED) is 0.860. The Morgan fingerprint density at radius 1 is 1.50 bits per heavy atom. The first-order chi connectivity index (χ1) is 7.28. The van der Waals surface area contributed by atoms with Crippen LogP contribution in [0.15, 0.2) is 16.7 Å². The molecule has 16 heavy (non-hydrogen) atoms. The van der Waals surface area contributed by atoms with Crippen LogP contribution in [0.5, 0.6) is 0 Å². The van der Waals surface area contributed by atoms with Crippen molar-refractivity contribution in [2.24, 2.45) is 0 Å². The highest BCUT2D eigenvalue weighted by Crippen LogP contribution is 2.17. The van der Waals surface area contributed by atoms with Crippen LogP contribution in [0.4, 0.5) is 10.6 Å². The van der Waals surface area contributed by atoms with Crippen LogP contribution in [0.25, 0.3) is 0 Å². The average Bonchev–Trinajstić information content (AvgIpc) is 2.06. The molecular weight excluding hydrogens is 272 g/mol. The number of carbonyl (C=O) groups is 1. The number of rotatable bonds is 1. The molecule has 1 heterocycles. The summed E-state index contributed by atoms with van der Waals surface area (Å²) >= 11 is 3.30. The number of carbonyl (C=O) groups excluding carboxylic acids is 1. The second kappa shape index (κ2) is 4.82. The molecule has 0 aliphatic heterocycles.